The molecule has 0 saturated carbocycles. The molecule has 0 aliphatic heterocycles. The Morgan fingerprint density at radius 2 is 2.19 bits per heavy atom. The third-order valence-electron chi connectivity index (χ3n) is 4.19. The predicted molar refractivity (Wildman–Crippen MR) is 81.2 cm³/mol. The Kier molecular flexibility index (Phi) is 4.21. The van der Waals surface area contributed by atoms with Crippen molar-refractivity contribution in [2.45, 2.75) is 45.4 Å². The Morgan fingerprint density at radius 1 is 1.48 bits per heavy atom. The van der Waals surface area contributed by atoms with Crippen LogP contribution in [0.4, 0.5) is 0 Å². The van der Waals surface area contributed by atoms with Crippen LogP contribution in [0.15, 0.2) is 12.3 Å². The van der Waals surface area contributed by atoms with Gasteiger partial charge in [0.25, 0.3) is 0 Å². The number of aromatic nitrogens is 3. The van der Waals surface area contributed by atoms with E-state index in [0.29, 0.717) is 12.1 Å². The number of pyridine rings is 1. The van der Waals surface area contributed by atoms with E-state index in [1.807, 2.05) is 27.0 Å². The topological polar surface area (TPSA) is 64.8 Å². The number of carbonyl (C=O) groups excluding carboxylic acids is 2. The van der Waals surface area contributed by atoms with Gasteiger partial charge in [0, 0.05) is 25.1 Å². The zero-order valence-electron chi connectivity index (χ0n) is 13.0. The number of ketones is 1. The van der Waals surface area contributed by atoms with Crippen molar-refractivity contribution in [2.24, 2.45) is 7.05 Å². The normalized spacial score (nSPS) is 14.1. The van der Waals surface area contributed by atoms with E-state index >= 15 is 0 Å². The van der Waals surface area contributed by atoms with Gasteiger partial charge in [-0.25, -0.2) is 0 Å². The van der Waals surface area contributed by atoms with Gasteiger partial charge in [0.15, 0.2) is 0 Å². The van der Waals surface area contributed by atoms with Gasteiger partial charge in [-0.15, -0.1) is 0 Å². The number of aryl methyl sites for hydroxylation is 2. The van der Waals surface area contributed by atoms with Gasteiger partial charge < -0.3 is 4.79 Å². The lowest BCUT2D eigenvalue weighted by Crippen LogP contribution is -2.35. The van der Waals surface area contributed by atoms with Crippen LogP contribution in [0.2, 0.25) is 0 Å². The number of nitrogens with zero attached hydrogens (tertiary/aromatic N) is 3. The summed E-state index contributed by atoms with van der Waals surface area (Å²) in [6, 6.07) is 1.90. The highest BCUT2D eigenvalue weighted by molar-refractivity contribution is 5.91. The molecule has 2 aromatic heterocycles. The van der Waals surface area contributed by atoms with E-state index < -0.39 is 5.41 Å². The van der Waals surface area contributed by atoms with E-state index in [1.165, 1.54) is 0 Å². The minimum atomic E-state index is -0.817. The van der Waals surface area contributed by atoms with Crippen molar-refractivity contribution in [1.29, 1.82) is 0 Å². The number of fused-ring (bicyclic) bond motifs is 1. The fourth-order valence-electron chi connectivity index (χ4n) is 2.99. The largest absolute Gasteiger partial charge is 0.303 e. The van der Waals surface area contributed by atoms with Crippen molar-refractivity contribution >= 4 is 23.0 Å². The van der Waals surface area contributed by atoms with Crippen molar-refractivity contribution in [2.75, 3.05) is 0 Å². The maximum absolute atomic E-state index is 12.3. The summed E-state index contributed by atoms with van der Waals surface area (Å²) < 4.78 is 1.79. The molecular formula is C16H21N3O2. The number of rotatable bonds is 6. The van der Waals surface area contributed by atoms with Gasteiger partial charge in [0.05, 0.1) is 22.3 Å². The molecule has 2 heterocycles. The van der Waals surface area contributed by atoms with Gasteiger partial charge in [-0.1, -0.05) is 13.3 Å². The molecule has 0 spiro atoms. The lowest BCUT2D eigenvalue weighted by molar-refractivity contribution is -0.125. The molecule has 0 bridgehead atoms. The summed E-state index contributed by atoms with van der Waals surface area (Å²) in [6.07, 6.45) is 4.18. The Morgan fingerprint density at radius 3 is 2.76 bits per heavy atom. The molecule has 0 fully saturated rings. The Bertz CT molecular complexity index is 690. The van der Waals surface area contributed by atoms with E-state index in [1.54, 1.807) is 17.8 Å². The van der Waals surface area contributed by atoms with E-state index in [0.717, 1.165) is 29.3 Å². The van der Waals surface area contributed by atoms with Crippen molar-refractivity contribution in [3.63, 3.8) is 0 Å². The second-order valence-electron chi connectivity index (χ2n) is 5.55. The summed E-state index contributed by atoms with van der Waals surface area (Å²) in [6.45, 7) is 5.48. The highest BCUT2D eigenvalue weighted by Crippen LogP contribution is 2.34. The van der Waals surface area contributed by atoms with E-state index in [9.17, 15) is 9.59 Å². The standard InChI is InChI=1S/C16H21N3O2/c1-5-6-16(7-8-20,12(3)21)15-9-14-13(10-17-15)11(2)18-19(14)4/h8-10H,5-7H2,1-4H3. The molecule has 21 heavy (non-hydrogen) atoms. The van der Waals surface area contributed by atoms with Gasteiger partial charge in [-0.2, -0.15) is 5.10 Å². The third kappa shape index (κ3) is 2.48. The van der Waals surface area contributed by atoms with Crippen molar-refractivity contribution < 1.29 is 9.59 Å². The second-order valence-corrected chi connectivity index (χ2v) is 5.55. The fraction of sp³-hybridized carbons (Fsp3) is 0.500. The van der Waals surface area contributed by atoms with Crippen LogP contribution >= 0.6 is 0 Å². The molecule has 0 amide bonds. The molecule has 0 aromatic carbocycles. The molecule has 2 aromatic rings. The number of Topliss-reactive ketones (excluding diaryl/α,β-unsaturated/α-hetero) is 1. The van der Waals surface area contributed by atoms with Crippen molar-refractivity contribution in [3.05, 3.63) is 23.7 Å². The quantitative estimate of drug-likeness (QED) is 0.766. The first-order chi connectivity index (χ1) is 9.96. The number of aldehydes is 1. The lowest BCUT2D eigenvalue weighted by atomic mass is 9.74. The summed E-state index contributed by atoms with van der Waals surface area (Å²) in [7, 11) is 1.87. The lowest BCUT2D eigenvalue weighted by Gasteiger charge is -2.28. The zero-order valence-corrected chi connectivity index (χ0v) is 13.0. The first kappa shape index (κ1) is 15.4. The number of hydrogen-bond acceptors (Lipinski definition) is 4. The highest BCUT2D eigenvalue weighted by Gasteiger charge is 2.38. The molecule has 0 radical (unpaired) electrons. The van der Waals surface area contributed by atoms with Gasteiger partial charge in [0.1, 0.15) is 12.1 Å². The van der Waals surface area contributed by atoms with Crippen LogP contribution in [-0.4, -0.2) is 26.8 Å². The van der Waals surface area contributed by atoms with Gasteiger partial charge in [-0.3, -0.25) is 14.5 Å². The minimum absolute atomic E-state index is 0.0119. The summed E-state index contributed by atoms with van der Waals surface area (Å²) in [5.41, 5.74) is 1.69. The molecule has 0 aliphatic carbocycles. The van der Waals surface area contributed by atoms with Crippen LogP contribution in [0.25, 0.3) is 10.9 Å². The average molecular weight is 287 g/mol. The van der Waals surface area contributed by atoms with E-state index in [-0.39, 0.29) is 12.2 Å². The summed E-state index contributed by atoms with van der Waals surface area (Å²) >= 11 is 0. The molecular weight excluding hydrogens is 266 g/mol. The molecule has 0 saturated heterocycles. The van der Waals surface area contributed by atoms with Crippen molar-refractivity contribution in [3.8, 4) is 0 Å². The first-order valence-corrected chi connectivity index (χ1v) is 7.20. The third-order valence-corrected chi connectivity index (χ3v) is 4.19. The van der Waals surface area contributed by atoms with E-state index in [4.69, 9.17) is 0 Å². The van der Waals surface area contributed by atoms with Crippen molar-refractivity contribution in [1.82, 2.24) is 14.8 Å². The molecule has 112 valence electrons. The van der Waals surface area contributed by atoms with Crippen LogP contribution in [0.3, 0.4) is 0 Å². The highest BCUT2D eigenvalue weighted by atomic mass is 16.1. The van der Waals surface area contributed by atoms with Crippen LogP contribution in [0.5, 0.6) is 0 Å². The molecule has 2 rings (SSSR count). The Balaban J connectivity index is 2.66. The molecule has 1 unspecified atom stereocenters. The van der Waals surface area contributed by atoms with E-state index in [2.05, 4.69) is 10.1 Å². The second kappa shape index (κ2) is 5.76. The molecule has 5 heteroatoms. The zero-order chi connectivity index (χ0) is 15.6. The maximum atomic E-state index is 12.3. The van der Waals surface area contributed by atoms with Crippen LogP contribution in [-0.2, 0) is 22.1 Å². The minimum Gasteiger partial charge on any atom is -0.303 e. The number of hydrogen-bond donors (Lipinski definition) is 0. The molecule has 0 N–H and O–H groups in total. The Hall–Kier alpha value is -2.04. The van der Waals surface area contributed by atoms with Crippen LogP contribution in [0, 0.1) is 6.92 Å². The summed E-state index contributed by atoms with van der Waals surface area (Å²) in [5, 5.41) is 5.35. The monoisotopic (exact) mass is 287 g/mol. The molecule has 0 aliphatic rings. The Labute approximate surface area is 124 Å². The summed E-state index contributed by atoms with van der Waals surface area (Å²) in [5.74, 6) is -0.0119. The average Bonchev–Trinajstić information content (AvgIpc) is 2.73. The van der Waals surface area contributed by atoms with Gasteiger partial charge >= 0.3 is 0 Å². The SMILES string of the molecule is CCCC(CC=O)(C(C)=O)c1cc2c(cn1)c(C)nn2C. The maximum Gasteiger partial charge on any atom is 0.142 e. The molecule has 1 atom stereocenters. The first-order valence-electron chi connectivity index (χ1n) is 7.20. The number of carbonyl (C=O) groups is 2. The predicted octanol–water partition coefficient (Wildman–Crippen LogP) is 2.49. The van der Waals surface area contributed by atoms with Crippen LogP contribution in [0.1, 0.15) is 44.5 Å². The van der Waals surface area contributed by atoms with Gasteiger partial charge in [-0.05, 0) is 26.3 Å². The smallest absolute Gasteiger partial charge is 0.142 e. The van der Waals surface area contributed by atoms with Crippen LogP contribution < -0.4 is 0 Å². The van der Waals surface area contributed by atoms with Gasteiger partial charge in [0.2, 0.25) is 0 Å². The molecule has 5 nitrogen and oxygen atoms in total. The summed E-state index contributed by atoms with van der Waals surface area (Å²) in [4.78, 5) is 27.8. The fourth-order valence-corrected chi connectivity index (χ4v) is 2.99.